The number of thioether (sulfide) groups is 1. The number of hydrogen-bond acceptors (Lipinski definition) is 7. The van der Waals surface area contributed by atoms with Gasteiger partial charge in [-0.1, -0.05) is 46.2 Å². The Morgan fingerprint density at radius 3 is 2.51 bits per heavy atom. The molecule has 0 spiro atoms. The van der Waals surface area contributed by atoms with Crippen LogP contribution < -0.4 is 15.2 Å². The van der Waals surface area contributed by atoms with Gasteiger partial charge < -0.3 is 15.0 Å². The van der Waals surface area contributed by atoms with Crippen LogP contribution in [0, 0.1) is 11.7 Å². The van der Waals surface area contributed by atoms with Crippen molar-refractivity contribution < 1.29 is 17.5 Å². The number of pyridine rings is 1. The molecule has 4 aromatic rings. The highest BCUT2D eigenvalue weighted by Crippen LogP contribution is 2.33. The highest BCUT2D eigenvalue weighted by atomic mass is 32.2. The molecule has 1 unspecified atom stereocenters. The maximum Gasteiger partial charge on any atom is 0.264 e. The van der Waals surface area contributed by atoms with Crippen molar-refractivity contribution in [3.63, 3.8) is 0 Å². The van der Waals surface area contributed by atoms with Gasteiger partial charge in [0.2, 0.25) is 11.8 Å². The van der Waals surface area contributed by atoms with Gasteiger partial charge in [-0.3, -0.25) is 4.72 Å². The highest BCUT2D eigenvalue weighted by molar-refractivity contribution is 7.99. The molecular weight excluding hydrogens is 610 g/mol. The summed E-state index contributed by atoms with van der Waals surface area (Å²) in [6.45, 7) is 9.09. The summed E-state index contributed by atoms with van der Waals surface area (Å²) in [6.07, 6.45) is 8.68. The molecule has 1 atom stereocenters. The van der Waals surface area contributed by atoms with Crippen molar-refractivity contribution in [1.29, 1.82) is 0 Å². The largest absolute Gasteiger partial charge is 0.480 e. The van der Waals surface area contributed by atoms with Crippen LogP contribution in [0.1, 0.15) is 77.7 Å². The van der Waals surface area contributed by atoms with Crippen LogP contribution in [0.2, 0.25) is 0 Å². The van der Waals surface area contributed by atoms with Crippen LogP contribution in [0.3, 0.4) is 0 Å². The Labute approximate surface area is 271 Å². The van der Waals surface area contributed by atoms with Gasteiger partial charge in [0, 0.05) is 18.3 Å². The first kappa shape index (κ1) is 34.6. The van der Waals surface area contributed by atoms with Crippen LogP contribution in [0.4, 0.5) is 16.0 Å². The number of rotatable bonds is 17. The van der Waals surface area contributed by atoms with E-state index in [4.69, 9.17) is 10.5 Å². The normalized spacial score (nSPS) is 12.6. The SMILES string of the molecule is CCCSCCCC(CC)CCCn1c(N)nc2ccc(-c3cnc(OC)c(NS(=O)(=O)c4ccc(C(C)C)cc4F)c3)cc21. The first-order valence-corrected chi connectivity index (χ1v) is 18.4. The van der Waals surface area contributed by atoms with E-state index >= 15 is 0 Å². The Hall–Kier alpha value is -3.31. The molecule has 0 saturated carbocycles. The van der Waals surface area contributed by atoms with Crippen LogP contribution in [-0.4, -0.2) is 41.6 Å². The van der Waals surface area contributed by atoms with Gasteiger partial charge in [-0.15, -0.1) is 0 Å². The number of nitrogen functional groups attached to an aromatic ring is 1. The molecule has 4 rings (SSSR count). The molecule has 0 aliphatic rings. The molecule has 11 heteroatoms. The van der Waals surface area contributed by atoms with Gasteiger partial charge in [0.25, 0.3) is 10.0 Å². The predicted octanol–water partition coefficient (Wildman–Crippen LogP) is 8.48. The van der Waals surface area contributed by atoms with E-state index < -0.39 is 20.7 Å². The second-order valence-corrected chi connectivity index (χ2v) is 14.6. The van der Waals surface area contributed by atoms with Crippen molar-refractivity contribution in [3.05, 3.63) is 60.0 Å². The number of imidazole rings is 1. The van der Waals surface area contributed by atoms with Crippen LogP contribution in [0.15, 0.2) is 53.6 Å². The van der Waals surface area contributed by atoms with Crippen molar-refractivity contribution in [2.45, 2.75) is 83.6 Å². The predicted molar refractivity (Wildman–Crippen MR) is 185 cm³/mol. The Morgan fingerprint density at radius 1 is 1.04 bits per heavy atom. The molecule has 0 aliphatic heterocycles. The molecule has 2 aromatic heterocycles. The molecule has 45 heavy (non-hydrogen) atoms. The van der Waals surface area contributed by atoms with Gasteiger partial charge in [-0.2, -0.15) is 11.8 Å². The molecule has 0 saturated heterocycles. The lowest BCUT2D eigenvalue weighted by Gasteiger charge is -2.15. The number of nitrogens with one attached hydrogen (secondary N) is 1. The smallest absolute Gasteiger partial charge is 0.264 e. The van der Waals surface area contributed by atoms with Crippen molar-refractivity contribution in [1.82, 2.24) is 14.5 Å². The van der Waals surface area contributed by atoms with Gasteiger partial charge in [-0.25, -0.2) is 22.8 Å². The number of aromatic nitrogens is 3. The van der Waals surface area contributed by atoms with Crippen molar-refractivity contribution in [2.75, 3.05) is 29.1 Å². The van der Waals surface area contributed by atoms with E-state index in [1.807, 2.05) is 48.4 Å². The van der Waals surface area contributed by atoms with Gasteiger partial charge >= 0.3 is 0 Å². The minimum absolute atomic E-state index is 0.0619. The van der Waals surface area contributed by atoms with E-state index in [0.29, 0.717) is 23.0 Å². The first-order chi connectivity index (χ1) is 21.6. The van der Waals surface area contributed by atoms with Crippen molar-refractivity contribution in [2.24, 2.45) is 5.92 Å². The zero-order chi connectivity index (χ0) is 32.6. The average molecular weight is 656 g/mol. The number of hydrogen-bond donors (Lipinski definition) is 2. The third-order valence-corrected chi connectivity index (χ3v) is 10.8. The number of sulfonamides is 1. The zero-order valence-electron chi connectivity index (χ0n) is 27.0. The van der Waals surface area contributed by atoms with Crippen molar-refractivity contribution in [3.8, 4) is 17.0 Å². The fraction of sp³-hybridized carbons (Fsp3) is 0.471. The molecule has 0 fully saturated rings. The van der Waals surface area contributed by atoms with E-state index in [-0.39, 0.29) is 17.5 Å². The maximum absolute atomic E-state index is 14.9. The Bertz CT molecular complexity index is 1690. The van der Waals surface area contributed by atoms with E-state index in [1.54, 1.807) is 18.3 Å². The Balaban J connectivity index is 1.54. The number of nitrogens with two attached hydrogens (primary N) is 1. The Morgan fingerprint density at radius 2 is 1.82 bits per heavy atom. The summed E-state index contributed by atoms with van der Waals surface area (Å²) in [5, 5.41) is 0. The lowest BCUT2D eigenvalue weighted by Crippen LogP contribution is -2.16. The van der Waals surface area contributed by atoms with E-state index in [0.717, 1.165) is 36.0 Å². The molecular formula is C34H46FN5O3S2. The fourth-order valence-corrected chi connectivity index (χ4v) is 7.48. The lowest BCUT2D eigenvalue weighted by atomic mass is 9.95. The molecule has 244 valence electrons. The van der Waals surface area contributed by atoms with Gasteiger partial charge in [0.1, 0.15) is 16.4 Å². The second-order valence-electron chi connectivity index (χ2n) is 11.7. The highest BCUT2D eigenvalue weighted by Gasteiger charge is 2.23. The van der Waals surface area contributed by atoms with Crippen LogP contribution in [0.5, 0.6) is 5.88 Å². The van der Waals surface area contributed by atoms with Gasteiger partial charge in [0.05, 0.1) is 18.1 Å². The number of methoxy groups -OCH3 is 1. The minimum atomic E-state index is -4.26. The van der Waals surface area contributed by atoms with Gasteiger partial charge in [0.15, 0.2) is 0 Å². The zero-order valence-corrected chi connectivity index (χ0v) is 28.6. The molecule has 0 radical (unpaired) electrons. The third-order valence-electron chi connectivity index (χ3n) is 8.13. The summed E-state index contributed by atoms with van der Waals surface area (Å²) in [6, 6.07) is 11.6. The minimum Gasteiger partial charge on any atom is -0.480 e. The summed E-state index contributed by atoms with van der Waals surface area (Å²) in [5.74, 6) is 2.97. The maximum atomic E-state index is 14.9. The topological polar surface area (TPSA) is 112 Å². The van der Waals surface area contributed by atoms with E-state index in [2.05, 4.69) is 28.5 Å². The monoisotopic (exact) mass is 655 g/mol. The third kappa shape index (κ3) is 8.70. The Kier molecular flexibility index (Phi) is 12.1. The summed E-state index contributed by atoms with van der Waals surface area (Å²) in [7, 11) is -2.86. The molecule has 0 bridgehead atoms. The molecule has 2 aromatic carbocycles. The van der Waals surface area contributed by atoms with Crippen LogP contribution >= 0.6 is 11.8 Å². The molecule has 2 heterocycles. The molecule has 0 aliphatic carbocycles. The first-order valence-electron chi connectivity index (χ1n) is 15.8. The van der Waals surface area contributed by atoms with Crippen LogP contribution in [-0.2, 0) is 16.6 Å². The summed E-state index contributed by atoms with van der Waals surface area (Å²) < 4.78 is 51.3. The number of benzene rings is 2. The fourth-order valence-electron chi connectivity index (χ4n) is 5.51. The number of anilines is 2. The number of fused-ring (bicyclic) bond motifs is 1. The molecule has 0 amide bonds. The summed E-state index contributed by atoms with van der Waals surface area (Å²) >= 11 is 2.05. The lowest BCUT2D eigenvalue weighted by molar-refractivity contribution is 0.400. The van der Waals surface area contributed by atoms with Crippen molar-refractivity contribution >= 4 is 44.5 Å². The quantitative estimate of drug-likeness (QED) is 0.110. The number of aryl methyl sites for hydroxylation is 1. The number of halogens is 1. The number of nitrogens with zero attached hydrogens (tertiary/aromatic N) is 3. The van der Waals surface area contributed by atoms with E-state index in [9.17, 15) is 12.8 Å². The summed E-state index contributed by atoms with van der Waals surface area (Å²) in [4.78, 5) is 8.47. The molecule has 3 N–H and O–H groups in total. The summed E-state index contributed by atoms with van der Waals surface area (Å²) in [5.41, 5.74) is 10.3. The van der Waals surface area contributed by atoms with E-state index in [1.165, 1.54) is 56.4 Å². The second kappa shape index (κ2) is 15.8. The van der Waals surface area contributed by atoms with Crippen LogP contribution in [0.25, 0.3) is 22.2 Å². The van der Waals surface area contributed by atoms with Gasteiger partial charge in [-0.05, 0) is 96.9 Å². The number of ether oxygens (including phenoxy) is 1. The standard InChI is InChI=1S/C34H46FN5O3S2/c1-6-17-44-18-9-11-24(7-2)10-8-16-40-31-21-26(12-14-29(31)38-34(40)36)27-20-30(33(43-5)37-22-27)39-45(41,42)32-15-13-25(23(3)4)19-28(32)35/h12-15,19-24,39H,6-11,16-18H2,1-5H3,(H2,36,38). The molecule has 8 nitrogen and oxygen atoms in total. The average Bonchev–Trinajstić information content (AvgIpc) is 3.33.